The minimum Gasteiger partial charge on any atom is -0.324 e. The highest BCUT2D eigenvalue weighted by Crippen LogP contribution is 2.20. The molecule has 0 spiro atoms. The van der Waals surface area contributed by atoms with Crippen LogP contribution in [0.15, 0.2) is 42.5 Å². The lowest BCUT2D eigenvalue weighted by Gasteiger charge is -2.08. The fourth-order valence-corrected chi connectivity index (χ4v) is 1.91. The van der Waals surface area contributed by atoms with Gasteiger partial charge in [0.05, 0.1) is 5.69 Å². The Kier molecular flexibility index (Phi) is 4.85. The number of halogens is 1. The van der Waals surface area contributed by atoms with Gasteiger partial charge in [-0.2, -0.15) is 0 Å². The van der Waals surface area contributed by atoms with Crippen molar-refractivity contribution < 1.29 is 18.8 Å². The maximum atomic E-state index is 13.5. The monoisotopic (exact) mass is 314 g/mol. The molecule has 0 heterocycles. The molecular formula is C17H15FN2O3. The third-order valence-corrected chi connectivity index (χ3v) is 3.05. The van der Waals surface area contributed by atoms with Crippen molar-refractivity contribution in [3.8, 4) is 0 Å². The van der Waals surface area contributed by atoms with E-state index in [-0.39, 0.29) is 16.9 Å². The number of aryl methyl sites for hydroxylation is 1. The second-order valence-electron chi connectivity index (χ2n) is 5.03. The zero-order valence-electron chi connectivity index (χ0n) is 12.6. The van der Waals surface area contributed by atoms with Crippen LogP contribution < -0.4 is 10.6 Å². The van der Waals surface area contributed by atoms with Gasteiger partial charge in [-0.05, 0) is 25.1 Å². The van der Waals surface area contributed by atoms with Gasteiger partial charge in [0.15, 0.2) is 0 Å². The molecule has 0 aliphatic rings. The number of ketones is 1. The van der Waals surface area contributed by atoms with Crippen molar-refractivity contribution in [2.45, 2.75) is 13.8 Å². The Balaban J connectivity index is 2.15. The fraction of sp³-hybridized carbons (Fsp3) is 0.118. The molecule has 2 aromatic carbocycles. The summed E-state index contributed by atoms with van der Waals surface area (Å²) >= 11 is 0. The average Bonchev–Trinajstić information content (AvgIpc) is 2.50. The molecule has 0 aliphatic carbocycles. The van der Waals surface area contributed by atoms with Crippen LogP contribution in [0.3, 0.4) is 0 Å². The molecule has 2 N–H and O–H groups in total. The summed E-state index contributed by atoms with van der Waals surface area (Å²) in [6.07, 6.45) is 0. The first-order chi connectivity index (χ1) is 10.9. The van der Waals surface area contributed by atoms with E-state index in [9.17, 15) is 18.8 Å². The van der Waals surface area contributed by atoms with Crippen molar-refractivity contribution in [1.29, 1.82) is 0 Å². The van der Waals surface area contributed by atoms with Crippen LogP contribution >= 0.6 is 0 Å². The predicted octanol–water partition coefficient (Wildman–Crippen LogP) is 2.91. The Bertz CT molecular complexity index is 770. The molecule has 6 heteroatoms. The summed E-state index contributed by atoms with van der Waals surface area (Å²) < 4.78 is 13.5. The fourth-order valence-electron chi connectivity index (χ4n) is 1.91. The number of Topliss-reactive ketones (excluding diaryl/α,β-unsaturated/α-hetero) is 1. The minimum atomic E-state index is -0.839. The van der Waals surface area contributed by atoms with Gasteiger partial charge in [0, 0.05) is 18.2 Å². The number of benzene rings is 2. The molecular weight excluding hydrogens is 299 g/mol. The highest BCUT2D eigenvalue weighted by molar-refractivity contribution is 6.46. The summed E-state index contributed by atoms with van der Waals surface area (Å²) in [6, 6.07) is 10.2. The lowest BCUT2D eigenvalue weighted by molar-refractivity contribution is -0.114. The van der Waals surface area contributed by atoms with E-state index in [2.05, 4.69) is 10.6 Å². The van der Waals surface area contributed by atoms with E-state index in [1.54, 1.807) is 24.3 Å². The maximum absolute atomic E-state index is 13.5. The summed E-state index contributed by atoms with van der Waals surface area (Å²) in [5.74, 6) is -2.61. The second kappa shape index (κ2) is 6.83. The largest absolute Gasteiger partial charge is 0.324 e. The normalized spacial score (nSPS) is 10.0. The number of nitrogens with one attached hydrogen (secondary N) is 2. The molecule has 0 atom stereocenters. The van der Waals surface area contributed by atoms with Crippen LogP contribution in [0.5, 0.6) is 0 Å². The quantitative estimate of drug-likeness (QED) is 0.673. The Morgan fingerprint density at radius 2 is 1.61 bits per heavy atom. The molecule has 0 radical (unpaired) electrons. The van der Waals surface area contributed by atoms with Gasteiger partial charge in [-0.1, -0.05) is 29.8 Å². The van der Waals surface area contributed by atoms with Crippen LogP contribution in [-0.4, -0.2) is 17.6 Å². The van der Waals surface area contributed by atoms with Gasteiger partial charge < -0.3 is 10.6 Å². The topological polar surface area (TPSA) is 75.3 Å². The lowest BCUT2D eigenvalue weighted by atomic mass is 10.1. The molecule has 2 rings (SSSR count). The van der Waals surface area contributed by atoms with Gasteiger partial charge in [0.25, 0.3) is 11.7 Å². The van der Waals surface area contributed by atoms with Crippen LogP contribution in [0.1, 0.15) is 22.8 Å². The molecule has 0 aromatic heterocycles. The van der Waals surface area contributed by atoms with Gasteiger partial charge in [0.2, 0.25) is 5.91 Å². The van der Waals surface area contributed by atoms with E-state index in [1.165, 1.54) is 19.1 Å². The molecule has 23 heavy (non-hydrogen) atoms. The van der Waals surface area contributed by atoms with E-state index in [4.69, 9.17) is 0 Å². The van der Waals surface area contributed by atoms with Gasteiger partial charge in [-0.3, -0.25) is 14.4 Å². The third kappa shape index (κ3) is 4.23. The van der Waals surface area contributed by atoms with Gasteiger partial charge in [0.1, 0.15) is 5.82 Å². The van der Waals surface area contributed by atoms with Crippen molar-refractivity contribution in [2.24, 2.45) is 0 Å². The first-order valence-corrected chi connectivity index (χ1v) is 6.86. The summed E-state index contributed by atoms with van der Waals surface area (Å²) in [6.45, 7) is 3.11. The van der Waals surface area contributed by atoms with E-state index < -0.39 is 23.4 Å². The third-order valence-electron chi connectivity index (χ3n) is 3.05. The van der Waals surface area contributed by atoms with Gasteiger partial charge in [-0.25, -0.2) is 4.39 Å². The van der Waals surface area contributed by atoms with E-state index >= 15 is 0 Å². The standard InChI is InChI=1S/C17H15FN2O3/c1-10-3-5-12(6-4-10)16(22)17(23)20-13-7-8-14(18)15(9-13)19-11(2)21/h3-9H,1-2H3,(H,19,21)(H,20,23). The average molecular weight is 314 g/mol. The molecule has 0 aliphatic heterocycles. The summed E-state index contributed by atoms with van der Waals surface area (Å²) in [7, 11) is 0. The molecule has 5 nitrogen and oxygen atoms in total. The number of hydrogen-bond acceptors (Lipinski definition) is 3. The van der Waals surface area contributed by atoms with Gasteiger partial charge in [-0.15, -0.1) is 0 Å². The number of carbonyl (C=O) groups excluding carboxylic acids is 3. The minimum absolute atomic E-state index is 0.0712. The van der Waals surface area contributed by atoms with Crippen molar-refractivity contribution in [3.05, 3.63) is 59.4 Å². The number of hydrogen-bond donors (Lipinski definition) is 2. The molecule has 0 unspecified atom stereocenters. The molecule has 0 fully saturated rings. The Morgan fingerprint density at radius 3 is 2.22 bits per heavy atom. The molecule has 2 amide bonds. The number of anilines is 2. The number of amides is 2. The summed E-state index contributed by atoms with van der Waals surface area (Å²) in [4.78, 5) is 35.0. The second-order valence-corrected chi connectivity index (χ2v) is 5.03. The maximum Gasteiger partial charge on any atom is 0.296 e. The van der Waals surface area contributed by atoms with Crippen LogP contribution in [0, 0.1) is 12.7 Å². The van der Waals surface area contributed by atoms with Crippen LogP contribution in [-0.2, 0) is 9.59 Å². The van der Waals surface area contributed by atoms with Gasteiger partial charge >= 0.3 is 0 Å². The van der Waals surface area contributed by atoms with E-state index in [0.717, 1.165) is 11.6 Å². The molecule has 0 saturated heterocycles. The van der Waals surface area contributed by atoms with Crippen LogP contribution in [0.2, 0.25) is 0 Å². The molecule has 2 aromatic rings. The Morgan fingerprint density at radius 1 is 0.957 bits per heavy atom. The van der Waals surface area contributed by atoms with Crippen molar-refractivity contribution in [1.82, 2.24) is 0 Å². The first-order valence-electron chi connectivity index (χ1n) is 6.86. The summed E-state index contributed by atoms with van der Waals surface area (Å²) in [5.41, 5.74) is 1.37. The highest BCUT2D eigenvalue weighted by Gasteiger charge is 2.17. The lowest BCUT2D eigenvalue weighted by Crippen LogP contribution is -2.23. The van der Waals surface area contributed by atoms with Crippen LogP contribution in [0.4, 0.5) is 15.8 Å². The Hall–Kier alpha value is -3.02. The Labute approximate surface area is 132 Å². The molecule has 0 bridgehead atoms. The van der Waals surface area contributed by atoms with Crippen LogP contribution in [0.25, 0.3) is 0 Å². The zero-order chi connectivity index (χ0) is 17.0. The molecule has 118 valence electrons. The number of carbonyl (C=O) groups is 3. The smallest absolute Gasteiger partial charge is 0.296 e. The SMILES string of the molecule is CC(=O)Nc1cc(NC(=O)C(=O)c2ccc(C)cc2)ccc1F. The highest BCUT2D eigenvalue weighted by atomic mass is 19.1. The molecule has 0 saturated carbocycles. The predicted molar refractivity (Wildman–Crippen MR) is 84.8 cm³/mol. The summed E-state index contributed by atoms with van der Waals surface area (Å²) in [5, 5.41) is 4.69. The van der Waals surface area contributed by atoms with E-state index in [0.29, 0.717) is 0 Å². The zero-order valence-corrected chi connectivity index (χ0v) is 12.6. The van der Waals surface area contributed by atoms with E-state index in [1.807, 2.05) is 6.92 Å². The van der Waals surface area contributed by atoms with Crippen molar-refractivity contribution in [3.63, 3.8) is 0 Å². The van der Waals surface area contributed by atoms with Crippen molar-refractivity contribution >= 4 is 29.0 Å². The first kappa shape index (κ1) is 16.4. The van der Waals surface area contributed by atoms with Crippen molar-refractivity contribution in [2.75, 3.05) is 10.6 Å². The number of rotatable bonds is 4.